The topological polar surface area (TPSA) is 79.5 Å². The Bertz CT molecular complexity index is 459. The lowest BCUT2D eigenvalue weighted by Gasteiger charge is -2.34. The van der Waals surface area contributed by atoms with Crippen LogP contribution in [0.25, 0.3) is 0 Å². The van der Waals surface area contributed by atoms with Gasteiger partial charge in [0.25, 0.3) is 0 Å². The highest BCUT2D eigenvalue weighted by atomic mass is 16.5. The van der Waals surface area contributed by atoms with Gasteiger partial charge < -0.3 is 20.7 Å². The van der Waals surface area contributed by atoms with Gasteiger partial charge in [-0.1, -0.05) is 0 Å². The van der Waals surface area contributed by atoms with Crippen molar-refractivity contribution in [2.75, 3.05) is 57.4 Å². The van der Waals surface area contributed by atoms with Crippen LogP contribution in [-0.2, 0) is 4.74 Å². The molecule has 3 rings (SSSR count). The second-order valence-electron chi connectivity index (χ2n) is 6.74. The van der Waals surface area contributed by atoms with Crippen molar-refractivity contribution < 1.29 is 4.74 Å². The van der Waals surface area contributed by atoms with Gasteiger partial charge in [0.1, 0.15) is 0 Å². The van der Waals surface area contributed by atoms with Crippen molar-refractivity contribution in [3.05, 3.63) is 18.5 Å². The molecule has 2 unspecified atom stereocenters. The molecule has 2 aliphatic heterocycles. The first kappa shape index (κ1) is 17.5. The number of anilines is 1. The zero-order valence-electron chi connectivity index (χ0n) is 14.4. The summed E-state index contributed by atoms with van der Waals surface area (Å²) in [7, 11) is 0. The minimum atomic E-state index is 0.267. The fraction of sp³-hybridized carbons (Fsp3) is 0.765. The molecule has 0 saturated carbocycles. The zero-order chi connectivity index (χ0) is 16.6. The number of nitrogens with two attached hydrogens (primary N) is 1. The smallest absolute Gasteiger partial charge is 0.225 e. The van der Waals surface area contributed by atoms with Crippen LogP contribution < -0.4 is 16.0 Å². The van der Waals surface area contributed by atoms with E-state index in [9.17, 15) is 0 Å². The van der Waals surface area contributed by atoms with Crippen LogP contribution in [0.2, 0.25) is 0 Å². The quantitative estimate of drug-likeness (QED) is 0.731. The molecule has 3 N–H and O–H groups in total. The standard InChI is InChI=1S/C17H30N6O/c18-15(13-16-14-24-12-6-19-16)3-1-7-22-8-10-23(11-9-22)17-20-4-2-5-21-17/h2,4-5,15-16,19H,1,3,6-14,18H2. The van der Waals surface area contributed by atoms with Crippen LogP contribution in [0.15, 0.2) is 18.5 Å². The number of nitrogens with one attached hydrogen (secondary N) is 1. The Morgan fingerprint density at radius 1 is 1.25 bits per heavy atom. The molecule has 2 saturated heterocycles. The SMILES string of the molecule is NC(CCCN1CCN(c2ncccn2)CC1)CC1COCCN1. The first-order chi connectivity index (χ1) is 11.8. The van der Waals surface area contributed by atoms with E-state index in [1.54, 1.807) is 0 Å². The molecule has 1 aromatic rings. The van der Waals surface area contributed by atoms with Crippen LogP contribution in [0, 0.1) is 0 Å². The van der Waals surface area contributed by atoms with E-state index in [1.165, 1.54) is 0 Å². The molecule has 7 nitrogen and oxygen atoms in total. The predicted octanol–water partition coefficient (Wildman–Crippen LogP) is 0.0846. The van der Waals surface area contributed by atoms with Gasteiger partial charge in [0.05, 0.1) is 13.2 Å². The van der Waals surface area contributed by atoms with E-state index in [4.69, 9.17) is 10.5 Å². The average Bonchev–Trinajstić information content (AvgIpc) is 2.64. The Morgan fingerprint density at radius 3 is 2.75 bits per heavy atom. The van der Waals surface area contributed by atoms with Gasteiger partial charge in [0.2, 0.25) is 5.95 Å². The number of rotatable bonds is 7. The third-order valence-electron chi connectivity index (χ3n) is 4.84. The number of ether oxygens (including phenoxy) is 1. The van der Waals surface area contributed by atoms with Crippen LogP contribution >= 0.6 is 0 Å². The fourth-order valence-electron chi connectivity index (χ4n) is 3.46. The normalized spacial score (nSPS) is 24.0. The van der Waals surface area contributed by atoms with E-state index in [-0.39, 0.29) is 6.04 Å². The summed E-state index contributed by atoms with van der Waals surface area (Å²) in [6.07, 6.45) is 6.88. The van der Waals surface area contributed by atoms with Gasteiger partial charge in [-0.05, 0) is 31.9 Å². The molecule has 7 heteroatoms. The highest BCUT2D eigenvalue weighted by molar-refractivity contribution is 5.29. The van der Waals surface area contributed by atoms with Crippen molar-refractivity contribution in [3.63, 3.8) is 0 Å². The van der Waals surface area contributed by atoms with Gasteiger partial charge in [-0.3, -0.25) is 4.90 Å². The predicted molar refractivity (Wildman–Crippen MR) is 95.1 cm³/mol. The Morgan fingerprint density at radius 2 is 2.04 bits per heavy atom. The van der Waals surface area contributed by atoms with Crippen molar-refractivity contribution in [3.8, 4) is 0 Å². The summed E-state index contributed by atoms with van der Waals surface area (Å²) >= 11 is 0. The minimum Gasteiger partial charge on any atom is -0.379 e. The average molecular weight is 334 g/mol. The molecule has 24 heavy (non-hydrogen) atoms. The van der Waals surface area contributed by atoms with Crippen LogP contribution in [0.5, 0.6) is 0 Å². The van der Waals surface area contributed by atoms with E-state index >= 15 is 0 Å². The zero-order valence-corrected chi connectivity index (χ0v) is 14.4. The highest BCUT2D eigenvalue weighted by Crippen LogP contribution is 2.11. The van der Waals surface area contributed by atoms with Gasteiger partial charge >= 0.3 is 0 Å². The molecular formula is C17H30N6O. The molecule has 0 bridgehead atoms. The second-order valence-corrected chi connectivity index (χ2v) is 6.74. The van der Waals surface area contributed by atoms with Gasteiger partial charge in [-0.25, -0.2) is 9.97 Å². The van der Waals surface area contributed by atoms with Crippen molar-refractivity contribution in [2.24, 2.45) is 5.73 Å². The largest absolute Gasteiger partial charge is 0.379 e. The Labute approximate surface area is 144 Å². The molecular weight excluding hydrogens is 304 g/mol. The summed E-state index contributed by atoms with van der Waals surface area (Å²) in [6, 6.07) is 2.56. The molecule has 2 atom stereocenters. The number of nitrogens with zero attached hydrogens (tertiary/aromatic N) is 4. The Balaban J connectivity index is 1.29. The third-order valence-corrected chi connectivity index (χ3v) is 4.84. The highest BCUT2D eigenvalue weighted by Gasteiger charge is 2.19. The van der Waals surface area contributed by atoms with Crippen LogP contribution in [-0.4, -0.2) is 79.4 Å². The number of piperazine rings is 1. The molecule has 0 radical (unpaired) electrons. The number of aromatic nitrogens is 2. The Hall–Kier alpha value is -1.28. The molecule has 134 valence electrons. The molecule has 3 heterocycles. The number of hydrogen-bond acceptors (Lipinski definition) is 7. The molecule has 2 aliphatic rings. The lowest BCUT2D eigenvalue weighted by Crippen LogP contribution is -2.47. The second kappa shape index (κ2) is 9.27. The van der Waals surface area contributed by atoms with Crippen LogP contribution in [0.4, 0.5) is 5.95 Å². The van der Waals surface area contributed by atoms with Gasteiger partial charge in [-0.15, -0.1) is 0 Å². The Kier molecular flexibility index (Phi) is 6.77. The molecule has 1 aromatic heterocycles. The maximum atomic E-state index is 6.28. The van der Waals surface area contributed by atoms with Crippen molar-refractivity contribution in [2.45, 2.75) is 31.3 Å². The first-order valence-electron chi connectivity index (χ1n) is 9.12. The maximum Gasteiger partial charge on any atom is 0.225 e. The van der Waals surface area contributed by atoms with Crippen molar-refractivity contribution in [1.29, 1.82) is 0 Å². The summed E-state index contributed by atoms with van der Waals surface area (Å²) < 4.78 is 5.49. The number of hydrogen-bond donors (Lipinski definition) is 2. The molecule has 2 fully saturated rings. The van der Waals surface area contributed by atoms with E-state index in [0.29, 0.717) is 6.04 Å². The fourth-order valence-corrected chi connectivity index (χ4v) is 3.46. The summed E-state index contributed by atoms with van der Waals surface area (Å²) in [6.45, 7) is 7.86. The summed E-state index contributed by atoms with van der Waals surface area (Å²) in [5.41, 5.74) is 6.28. The molecule has 0 spiro atoms. The summed E-state index contributed by atoms with van der Waals surface area (Å²) in [5, 5.41) is 3.48. The third kappa shape index (κ3) is 5.37. The van der Waals surface area contributed by atoms with Crippen molar-refractivity contribution >= 4 is 5.95 Å². The van der Waals surface area contributed by atoms with E-state index < -0.39 is 0 Å². The van der Waals surface area contributed by atoms with Gasteiger partial charge in [0.15, 0.2) is 0 Å². The number of morpholine rings is 1. The van der Waals surface area contributed by atoms with E-state index in [0.717, 1.165) is 77.7 Å². The lowest BCUT2D eigenvalue weighted by atomic mass is 10.0. The summed E-state index contributed by atoms with van der Waals surface area (Å²) in [5.74, 6) is 0.848. The molecule has 0 aliphatic carbocycles. The van der Waals surface area contributed by atoms with Crippen LogP contribution in [0.1, 0.15) is 19.3 Å². The monoisotopic (exact) mass is 334 g/mol. The summed E-state index contributed by atoms with van der Waals surface area (Å²) in [4.78, 5) is 13.4. The molecule has 0 aromatic carbocycles. The van der Waals surface area contributed by atoms with E-state index in [2.05, 4.69) is 25.1 Å². The van der Waals surface area contributed by atoms with Crippen LogP contribution in [0.3, 0.4) is 0 Å². The minimum absolute atomic E-state index is 0.267. The van der Waals surface area contributed by atoms with Crippen molar-refractivity contribution in [1.82, 2.24) is 20.2 Å². The molecule has 0 amide bonds. The lowest BCUT2D eigenvalue weighted by molar-refractivity contribution is 0.0715. The van der Waals surface area contributed by atoms with E-state index in [1.807, 2.05) is 18.5 Å². The maximum absolute atomic E-state index is 6.28. The van der Waals surface area contributed by atoms with Gasteiger partial charge in [-0.2, -0.15) is 0 Å². The first-order valence-corrected chi connectivity index (χ1v) is 9.12. The van der Waals surface area contributed by atoms with Gasteiger partial charge in [0, 0.05) is 57.2 Å².